The van der Waals surface area contributed by atoms with Crippen LogP contribution >= 0.6 is 0 Å². The average molecular weight is 275 g/mol. The Balaban J connectivity index is 1.87. The highest BCUT2D eigenvalue weighted by Crippen LogP contribution is 2.25. The van der Waals surface area contributed by atoms with E-state index in [0.717, 1.165) is 31.1 Å². The molecule has 1 aliphatic rings. The first-order valence-electron chi connectivity index (χ1n) is 8.07. The van der Waals surface area contributed by atoms with Gasteiger partial charge in [-0.25, -0.2) is 0 Å². The number of likely N-dealkylation sites (tertiary alicyclic amines) is 1. The molecule has 20 heavy (non-hydrogen) atoms. The maximum atomic E-state index is 10.5. The van der Waals surface area contributed by atoms with Gasteiger partial charge in [0.25, 0.3) is 0 Å². The van der Waals surface area contributed by atoms with Crippen LogP contribution in [-0.4, -0.2) is 29.6 Å². The predicted molar refractivity (Wildman–Crippen MR) is 84.9 cm³/mol. The molecule has 1 unspecified atom stereocenters. The predicted octanol–water partition coefficient (Wildman–Crippen LogP) is 3.85. The third-order valence-corrected chi connectivity index (χ3v) is 4.62. The minimum absolute atomic E-state index is 0.349. The first-order chi connectivity index (χ1) is 9.60. The van der Waals surface area contributed by atoms with E-state index in [0.29, 0.717) is 0 Å². The molecule has 0 spiro atoms. The van der Waals surface area contributed by atoms with Crippen LogP contribution in [-0.2, 0) is 0 Å². The summed E-state index contributed by atoms with van der Waals surface area (Å²) in [4.78, 5) is 2.43. The fraction of sp³-hybridized carbons (Fsp3) is 0.667. The molecular formula is C18H29NO. The van der Waals surface area contributed by atoms with Crippen LogP contribution in [0.25, 0.3) is 0 Å². The van der Waals surface area contributed by atoms with Crippen LogP contribution in [0, 0.1) is 19.8 Å². The molecule has 2 rings (SSSR count). The Morgan fingerprint density at radius 3 is 2.55 bits per heavy atom. The summed E-state index contributed by atoms with van der Waals surface area (Å²) in [7, 11) is 0. The summed E-state index contributed by atoms with van der Waals surface area (Å²) >= 11 is 0. The molecule has 0 bridgehead atoms. The molecule has 112 valence electrons. The third kappa shape index (κ3) is 4.07. The van der Waals surface area contributed by atoms with Gasteiger partial charge in [-0.15, -0.1) is 0 Å². The Bertz CT molecular complexity index is 421. The zero-order valence-corrected chi connectivity index (χ0v) is 13.2. The van der Waals surface area contributed by atoms with Crippen LogP contribution in [0.3, 0.4) is 0 Å². The summed E-state index contributed by atoms with van der Waals surface area (Å²) in [6.07, 6.45) is 4.92. The molecule has 0 aliphatic carbocycles. The van der Waals surface area contributed by atoms with Crippen molar-refractivity contribution >= 4 is 0 Å². The van der Waals surface area contributed by atoms with E-state index in [2.05, 4.69) is 43.9 Å². The normalized spacial score (nSPS) is 19.2. The molecule has 2 heteroatoms. The van der Waals surface area contributed by atoms with Crippen LogP contribution in [0.5, 0.6) is 0 Å². The van der Waals surface area contributed by atoms with Crippen molar-refractivity contribution in [3.8, 4) is 0 Å². The minimum Gasteiger partial charge on any atom is -0.387 e. The fourth-order valence-corrected chi connectivity index (χ4v) is 3.41. The van der Waals surface area contributed by atoms with Gasteiger partial charge in [0.05, 0.1) is 6.10 Å². The van der Waals surface area contributed by atoms with Gasteiger partial charge < -0.3 is 10.0 Å². The molecular weight excluding hydrogens is 246 g/mol. The third-order valence-electron chi connectivity index (χ3n) is 4.62. The largest absolute Gasteiger partial charge is 0.387 e. The quantitative estimate of drug-likeness (QED) is 0.882. The van der Waals surface area contributed by atoms with Crippen LogP contribution < -0.4 is 0 Å². The van der Waals surface area contributed by atoms with Gasteiger partial charge in [-0.3, -0.25) is 0 Å². The molecule has 1 fully saturated rings. The lowest BCUT2D eigenvalue weighted by Gasteiger charge is -2.33. The molecule has 0 aromatic heterocycles. The molecule has 1 aliphatic heterocycles. The summed E-state index contributed by atoms with van der Waals surface area (Å²) in [5.41, 5.74) is 3.56. The van der Waals surface area contributed by atoms with Crippen molar-refractivity contribution in [2.24, 2.45) is 5.92 Å². The number of aliphatic hydroxyl groups excluding tert-OH is 1. The van der Waals surface area contributed by atoms with Gasteiger partial charge in [-0.2, -0.15) is 0 Å². The van der Waals surface area contributed by atoms with Crippen molar-refractivity contribution in [1.82, 2.24) is 4.90 Å². The smallest absolute Gasteiger partial charge is 0.0919 e. The Morgan fingerprint density at radius 1 is 1.25 bits per heavy atom. The molecule has 1 saturated heterocycles. The molecule has 0 saturated carbocycles. The summed E-state index contributed by atoms with van der Waals surface area (Å²) in [5, 5.41) is 10.5. The maximum Gasteiger partial charge on any atom is 0.0919 e. The van der Waals surface area contributed by atoms with Gasteiger partial charge in [0.1, 0.15) is 0 Å². The first kappa shape index (κ1) is 15.5. The van der Waals surface area contributed by atoms with E-state index in [9.17, 15) is 5.11 Å². The van der Waals surface area contributed by atoms with Crippen molar-refractivity contribution in [3.05, 3.63) is 34.9 Å². The molecule has 1 aromatic carbocycles. The Kier molecular flexibility index (Phi) is 5.62. The van der Waals surface area contributed by atoms with Gasteiger partial charge >= 0.3 is 0 Å². The molecule has 2 nitrogen and oxygen atoms in total. The SMILES string of the molecule is CCCC1CCN(CC(O)c2ccc(C)cc2C)CC1. The highest BCUT2D eigenvalue weighted by Gasteiger charge is 2.21. The molecule has 0 radical (unpaired) electrons. The lowest BCUT2D eigenvalue weighted by molar-refractivity contribution is 0.0875. The van der Waals surface area contributed by atoms with Crippen molar-refractivity contribution in [2.75, 3.05) is 19.6 Å². The van der Waals surface area contributed by atoms with Gasteiger partial charge in [0, 0.05) is 6.54 Å². The standard InChI is InChI=1S/C18H29NO/c1-4-5-16-8-10-19(11-9-16)13-18(20)17-7-6-14(2)12-15(17)3/h6-7,12,16,18,20H,4-5,8-11,13H2,1-3H3. The van der Waals surface area contributed by atoms with E-state index in [1.54, 1.807) is 0 Å². The average Bonchev–Trinajstić information content (AvgIpc) is 2.41. The van der Waals surface area contributed by atoms with E-state index in [1.165, 1.54) is 36.8 Å². The maximum absolute atomic E-state index is 10.5. The van der Waals surface area contributed by atoms with Crippen molar-refractivity contribution in [3.63, 3.8) is 0 Å². The molecule has 1 atom stereocenters. The number of aryl methyl sites for hydroxylation is 2. The summed E-state index contributed by atoms with van der Waals surface area (Å²) in [5.74, 6) is 0.912. The fourth-order valence-electron chi connectivity index (χ4n) is 3.41. The summed E-state index contributed by atoms with van der Waals surface area (Å²) in [6.45, 7) is 9.54. The Morgan fingerprint density at radius 2 is 1.95 bits per heavy atom. The lowest BCUT2D eigenvalue weighted by atomic mass is 9.92. The van der Waals surface area contributed by atoms with Crippen LogP contribution in [0.2, 0.25) is 0 Å². The van der Waals surface area contributed by atoms with Gasteiger partial charge in [-0.05, 0) is 56.8 Å². The topological polar surface area (TPSA) is 23.5 Å². The minimum atomic E-state index is -0.349. The molecule has 0 amide bonds. The second kappa shape index (κ2) is 7.24. The zero-order chi connectivity index (χ0) is 14.5. The van der Waals surface area contributed by atoms with E-state index < -0.39 is 0 Å². The molecule has 1 aromatic rings. The second-order valence-electron chi connectivity index (χ2n) is 6.41. The number of nitrogens with zero attached hydrogens (tertiary/aromatic N) is 1. The number of piperidine rings is 1. The van der Waals surface area contributed by atoms with Crippen LogP contribution in [0.4, 0.5) is 0 Å². The lowest BCUT2D eigenvalue weighted by Crippen LogP contribution is -2.36. The van der Waals surface area contributed by atoms with Gasteiger partial charge in [0.15, 0.2) is 0 Å². The Labute approximate surface area is 123 Å². The van der Waals surface area contributed by atoms with E-state index >= 15 is 0 Å². The highest BCUT2D eigenvalue weighted by molar-refractivity contribution is 5.32. The summed E-state index contributed by atoms with van der Waals surface area (Å²) < 4.78 is 0. The van der Waals surface area contributed by atoms with Gasteiger partial charge in [0.2, 0.25) is 0 Å². The number of benzene rings is 1. The number of aliphatic hydroxyl groups is 1. The second-order valence-corrected chi connectivity index (χ2v) is 6.41. The van der Waals surface area contributed by atoms with E-state index in [4.69, 9.17) is 0 Å². The zero-order valence-electron chi connectivity index (χ0n) is 13.2. The van der Waals surface area contributed by atoms with Crippen LogP contribution in [0.15, 0.2) is 18.2 Å². The highest BCUT2D eigenvalue weighted by atomic mass is 16.3. The number of β-amino-alcohol motifs (C(OH)–C–C–N with tert-alkyl or cyclic N) is 1. The number of hydrogen-bond donors (Lipinski definition) is 1. The molecule has 1 N–H and O–H groups in total. The Hall–Kier alpha value is -0.860. The van der Waals surface area contributed by atoms with E-state index in [-0.39, 0.29) is 6.10 Å². The summed E-state index contributed by atoms with van der Waals surface area (Å²) in [6, 6.07) is 6.34. The van der Waals surface area contributed by atoms with Crippen molar-refractivity contribution in [1.29, 1.82) is 0 Å². The van der Waals surface area contributed by atoms with E-state index in [1.807, 2.05) is 0 Å². The van der Waals surface area contributed by atoms with Gasteiger partial charge in [-0.1, -0.05) is 43.5 Å². The first-order valence-corrected chi connectivity index (χ1v) is 8.07. The van der Waals surface area contributed by atoms with Crippen LogP contribution in [0.1, 0.15) is 55.4 Å². The van der Waals surface area contributed by atoms with Crippen molar-refractivity contribution in [2.45, 2.75) is 52.6 Å². The monoisotopic (exact) mass is 275 g/mol. The molecule has 1 heterocycles. The number of hydrogen-bond acceptors (Lipinski definition) is 2. The number of rotatable bonds is 5. The van der Waals surface area contributed by atoms with Crippen molar-refractivity contribution < 1.29 is 5.11 Å².